The minimum absolute atomic E-state index is 0.0361. The Labute approximate surface area is 164 Å². The third kappa shape index (κ3) is 3.87. The molecule has 28 heavy (non-hydrogen) atoms. The summed E-state index contributed by atoms with van der Waals surface area (Å²) in [4.78, 5) is 20.0. The number of nitrogens with one attached hydrogen (secondary N) is 1. The average Bonchev–Trinajstić information content (AvgIpc) is 3.28. The predicted octanol–water partition coefficient (Wildman–Crippen LogP) is 3.19. The van der Waals surface area contributed by atoms with Crippen LogP contribution in [-0.2, 0) is 21.5 Å². The first-order valence-corrected chi connectivity index (χ1v) is 9.99. The number of hydrogen-bond donors (Lipinski definition) is 1. The van der Waals surface area contributed by atoms with Crippen LogP contribution in [-0.4, -0.2) is 37.2 Å². The molecular formula is C22H26FN3O2. The van der Waals surface area contributed by atoms with E-state index >= 15 is 0 Å². The van der Waals surface area contributed by atoms with Crippen LogP contribution in [0, 0.1) is 5.82 Å². The second-order valence-corrected chi connectivity index (χ2v) is 7.60. The smallest absolute Gasteiger partial charge is 0.231 e. The molecule has 5 nitrogen and oxygen atoms in total. The van der Waals surface area contributed by atoms with Gasteiger partial charge < -0.3 is 15.0 Å². The number of benzene rings is 1. The molecule has 2 fully saturated rings. The second-order valence-electron chi connectivity index (χ2n) is 7.60. The molecule has 4 rings (SSSR count). The summed E-state index contributed by atoms with van der Waals surface area (Å²) in [5.41, 5.74) is 1.14. The molecule has 0 spiro atoms. The molecule has 2 aliphatic rings. The molecule has 0 radical (unpaired) electrons. The number of halogens is 1. The molecule has 2 aromatic rings. The van der Waals surface area contributed by atoms with Crippen LogP contribution >= 0.6 is 0 Å². The molecular weight excluding hydrogens is 357 g/mol. The Hall–Kier alpha value is -2.47. The van der Waals surface area contributed by atoms with Crippen molar-refractivity contribution >= 4 is 11.7 Å². The molecule has 1 aromatic carbocycles. The molecule has 148 valence electrons. The van der Waals surface area contributed by atoms with Crippen molar-refractivity contribution in [1.29, 1.82) is 0 Å². The summed E-state index contributed by atoms with van der Waals surface area (Å²) in [5.74, 6) is 0.668. The van der Waals surface area contributed by atoms with Gasteiger partial charge in [0.15, 0.2) is 0 Å². The van der Waals surface area contributed by atoms with Crippen LogP contribution in [0.25, 0.3) is 0 Å². The van der Waals surface area contributed by atoms with E-state index < -0.39 is 5.41 Å². The van der Waals surface area contributed by atoms with Gasteiger partial charge in [-0.3, -0.25) is 4.79 Å². The van der Waals surface area contributed by atoms with Crippen LogP contribution in [0.1, 0.15) is 36.8 Å². The predicted molar refractivity (Wildman–Crippen MR) is 106 cm³/mol. The standard InChI is InChI=1S/C22H26FN3O2/c23-19-6-4-18(5-7-19)22(9-13-28-14-10-22)21(27)25-16-17-3-8-20(24-15-17)26-11-1-2-12-26/h3-8,15H,1-2,9-14,16H2,(H,25,27). The van der Waals surface area contributed by atoms with E-state index in [1.165, 1.54) is 25.0 Å². The summed E-state index contributed by atoms with van der Waals surface area (Å²) in [5, 5.41) is 3.07. The van der Waals surface area contributed by atoms with E-state index in [0.29, 0.717) is 32.6 Å². The van der Waals surface area contributed by atoms with Gasteiger partial charge in [0.2, 0.25) is 5.91 Å². The molecule has 6 heteroatoms. The number of rotatable bonds is 5. The summed E-state index contributed by atoms with van der Waals surface area (Å²) in [7, 11) is 0. The van der Waals surface area contributed by atoms with Crippen molar-refractivity contribution in [2.45, 2.75) is 37.6 Å². The van der Waals surface area contributed by atoms with Crippen molar-refractivity contribution in [2.75, 3.05) is 31.2 Å². The summed E-state index contributed by atoms with van der Waals surface area (Å²) in [6.07, 6.45) is 5.46. The minimum atomic E-state index is -0.672. The maximum absolute atomic E-state index is 13.4. The largest absolute Gasteiger partial charge is 0.381 e. The Morgan fingerprint density at radius 3 is 2.46 bits per heavy atom. The second kappa shape index (κ2) is 8.27. The molecule has 1 aromatic heterocycles. The highest BCUT2D eigenvalue weighted by Gasteiger charge is 2.41. The third-order valence-corrected chi connectivity index (χ3v) is 5.87. The zero-order chi connectivity index (χ0) is 19.4. The SMILES string of the molecule is O=C(NCc1ccc(N2CCCC2)nc1)C1(c2ccc(F)cc2)CCOCC1. The van der Waals surface area contributed by atoms with E-state index in [4.69, 9.17) is 4.74 Å². The Kier molecular flexibility index (Phi) is 5.57. The van der Waals surface area contributed by atoms with Gasteiger partial charge in [-0.05, 0) is 55.0 Å². The normalized spacial score (nSPS) is 18.8. The van der Waals surface area contributed by atoms with Crippen molar-refractivity contribution < 1.29 is 13.9 Å². The zero-order valence-corrected chi connectivity index (χ0v) is 16.0. The lowest BCUT2D eigenvalue weighted by atomic mass is 9.73. The first kappa shape index (κ1) is 18.9. The molecule has 0 bridgehead atoms. The third-order valence-electron chi connectivity index (χ3n) is 5.87. The van der Waals surface area contributed by atoms with Crippen LogP contribution in [0.15, 0.2) is 42.6 Å². The highest BCUT2D eigenvalue weighted by atomic mass is 19.1. The van der Waals surface area contributed by atoms with Crippen LogP contribution in [0.2, 0.25) is 0 Å². The van der Waals surface area contributed by atoms with Gasteiger partial charge in [-0.1, -0.05) is 18.2 Å². The first-order valence-electron chi connectivity index (χ1n) is 9.99. The first-order chi connectivity index (χ1) is 13.7. The van der Waals surface area contributed by atoms with Crippen molar-refractivity contribution in [3.05, 3.63) is 59.5 Å². The summed E-state index contributed by atoms with van der Waals surface area (Å²) in [6, 6.07) is 10.3. The molecule has 1 N–H and O–H groups in total. The fraction of sp³-hybridized carbons (Fsp3) is 0.455. The Morgan fingerprint density at radius 2 is 1.82 bits per heavy atom. The van der Waals surface area contributed by atoms with Gasteiger partial charge in [0.25, 0.3) is 0 Å². The van der Waals surface area contributed by atoms with Gasteiger partial charge in [0.1, 0.15) is 11.6 Å². The number of ether oxygens (including phenoxy) is 1. The number of carbonyl (C=O) groups excluding carboxylic acids is 1. The lowest BCUT2D eigenvalue weighted by Gasteiger charge is -2.36. The van der Waals surface area contributed by atoms with Crippen molar-refractivity contribution in [1.82, 2.24) is 10.3 Å². The van der Waals surface area contributed by atoms with Crippen molar-refractivity contribution in [3.63, 3.8) is 0 Å². The van der Waals surface area contributed by atoms with E-state index in [2.05, 4.69) is 15.2 Å². The number of aromatic nitrogens is 1. The quantitative estimate of drug-likeness (QED) is 0.862. The molecule has 0 saturated carbocycles. The molecule has 2 saturated heterocycles. The molecule has 1 amide bonds. The lowest BCUT2D eigenvalue weighted by Crippen LogP contribution is -2.47. The highest BCUT2D eigenvalue weighted by molar-refractivity contribution is 5.88. The number of anilines is 1. The topological polar surface area (TPSA) is 54.5 Å². The summed E-state index contributed by atoms with van der Waals surface area (Å²) in [6.45, 7) is 3.60. The van der Waals surface area contributed by atoms with Crippen molar-refractivity contribution in [2.24, 2.45) is 0 Å². The monoisotopic (exact) mass is 383 g/mol. The van der Waals surface area contributed by atoms with E-state index in [-0.39, 0.29) is 11.7 Å². The van der Waals surface area contributed by atoms with Gasteiger partial charge in [-0.2, -0.15) is 0 Å². The lowest BCUT2D eigenvalue weighted by molar-refractivity contribution is -0.130. The van der Waals surface area contributed by atoms with Gasteiger partial charge in [-0.15, -0.1) is 0 Å². The van der Waals surface area contributed by atoms with E-state index in [9.17, 15) is 9.18 Å². The number of carbonyl (C=O) groups is 1. The Morgan fingerprint density at radius 1 is 1.11 bits per heavy atom. The van der Waals surface area contributed by atoms with Crippen LogP contribution in [0.5, 0.6) is 0 Å². The molecule has 3 heterocycles. The maximum atomic E-state index is 13.4. The molecule has 0 aliphatic carbocycles. The zero-order valence-electron chi connectivity index (χ0n) is 16.0. The van der Waals surface area contributed by atoms with Gasteiger partial charge in [0.05, 0.1) is 5.41 Å². The fourth-order valence-electron chi connectivity index (χ4n) is 4.14. The number of nitrogens with zero attached hydrogens (tertiary/aromatic N) is 2. The number of pyridine rings is 1. The Balaban J connectivity index is 1.45. The van der Waals surface area contributed by atoms with Gasteiger partial charge in [-0.25, -0.2) is 9.37 Å². The highest BCUT2D eigenvalue weighted by Crippen LogP contribution is 2.35. The van der Waals surface area contributed by atoms with Crippen molar-refractivity contribution in [3.8, 4) is 0 Å². The summed E-state index contributed by atoms with van der Waals surface area (Å²) >= 11 is 0. The Bertz CT molecular complexity index is 796. The van der Waals surface area contributed by atoms with E-state index in [0.717, 1.165) is 30.0 Å². The van der Waals surface area contributed by atoms with Crippen LogP contribution in [0.4, 0.5) is 10.2 Å². The maximum Gasteiger partial charge on any atom is 0.231 e. The number of hydrogen-bond acceptors (Lipinski definition) is 4. The molecule has 0 unspecified atom stereocenters. The van der Waals surface area contributed by atoms with Crippen LogP contribution < -0.4 is 10.2 Å². The fourth-order valence-corrected chi connectivity index (χ4v) is 4.14. The molecule has 2 aliphatic heterocycles. The number of amides is 1. The van der Waals surface area contributed by atoms with E-state index in [1.807, 2.05) is 18.3 Å². The summed E-state index contributed by atoms with van der Waals surface area (Å²) < 4.78 is 18.8. The van der Waals surface area contributed by atoms with Crippen LogP contribution in [0.3, 0.4) is 0 Å². The average molecular weight is 383 g/mol. The van der Waals surface area contributed by atoms with Gasteiger partial charge >= 0.3 is 0 Å². The van der Waals surface area contributed by atoms with Gasteiger partial charge in [0, 0.05) is 39.0 Å². The minimum Gasteiger partial charge on any atom is -0.381 e. The van der Waals surface area contributed by atoms with E-state index in [1.54, 1.807) is 12.1 Å². The molecule has 0 atom stereocenters.